The van der Waals surface area contributed by atoms with Crippen LogP contribution in [0.3, 0.4) is 0 Å². The molecule has 1 aliphatic heterocycles. The Labute approximate surface area is 93.0 Å². The summed E-state index contributed by atoms with van der Waals surface area (Å²) < 4.78 is 0. The van der Waals surface area contributed by atoms with Gasteiger partial charge in [-0.2, -0.15) is 0 Å². The minimum Gasteiger partial charge on any atom is -0.343 e. The Kier molecular flexibility index (Phi) is 8.44. The number of rotatable bonds is 2. The van der Waals surface area contributed by atoms with E-state index in [4.69, 9.17) is 0 Å². The Morgan fingerprint density at radius 2 is 1.80 bits per heavy atom. The number of allylic oxidation sites excluding steroid dienone is 5. The molecule has 1 rings (SSSR count). The van der Waals surface area contributed by atoms with Crippen LogP contribution in [0.1, 0.15) is 26.7 Å². The summed E-state index contributed by atoms with van der Waals surface area (Å²) in [7, 11) is 0. The van der Waals surface area contributed by atoms with Gasteiger partial charge in [-0.05, 0) is 19.8 Å². The highest BCUT2D eigenvalue weighted by Crippen LogP contribution is 2.05. The van der Waals surface area contributed by atoms with Gasteiger partial charge in [0.05, 0.1) is 0 Å². The van der Waals surface area contributed by atoms with Gasteiger partial charge in [0.1, 0.15) is 0 Å². The van der Waals surface area contributed by atoms with Crippen molar-refractivity contribution in [3.8, 4) is 0 Å². The molecular weight excluding hydrogens is 186 g/mol. The highest BCUT2D eigenvalue weighted by molar-refractivity contribution is 5.73. The van der Waals surface area contributed by atoms with E-state index < -0.39 is 0 Å². The molecule has 84 valence electrons. The van der Waals surface area contributed by atoms with Gasteiger partial charge < -0.3 is 4.90 Å². The van der Waals surface area contributed by atoms with Crippen molar-refractivity contribution in [3.05, 3.63) is 37.0 Å². The first-order valence-corrected chi connectivity index (χ1v) is 5.38. The van der Waals surface area contributed by atoms with Gasteiger partial charge in [-0.25, -0.2) is 0 Å². The Hall–Kier alpha value is -1.31. The largest absolute Gasteiger partial charge is 0.343 e. The van der Waals surface area contributed by atoms with Crippen LogP contribution in [0.25, 0.3) is 0 Å². The van der Waals surface area contributed by atoms with E-state index in [-0.39, 0.29) is 5.91 Å². The minimum atomic E-state index is 0.225. The fraction of sp³-hybridized carbons (Fsp3) is 0.462. The first-order chi connectivity index (χ1) is 7.22. The topological polar surface area (TPSA) is 20.3 Å². The Morgan fingerprint density at radius 3 is 2.13 bits per heavy atom. The van der Waals surface area contributed by atoms with E-state index in [0.29, 0.717) is 0 Å². The number of nitrogens with zero attached hydrogens (tertiary/aromatic N) is 1. The van der Waals surface area contributed by atoms with Gasteiger partial charge in [0.15, 0.2) is 0 Å². The van der Waals surface area contributed by atoms with Crippen LogP contribution >= 0.6 is 0 Å². The lowest BCUT2D eigenvalue weighted by Crippen LogP contribution is -2.24. The van der Waals surface area contributed by atoms with E-state index in [1.807, 2.05) is 36.1 Å². The molecule has 0 aromatic rings. The molecule has 0 bridgehead atoms. The van der Waals surface area contributed by atoms with Gasteiger partial charge in [0.2, 0.25) is 5.91 Å². The summed E-state index contributed by atoms with van der Waals surface area (Å²) in [5.41, 5.74) is 0. The first-order valence-electron chi connectivity index (χ1n) is 5.38. The van der Waals surface area contributed by atoms with Gasteiger partial charge in [-0.15, -0.1) is 0 Å². The summed E-state index contributed by atoms with van der Waals surface area (Å²) in [5, 5.41) is 0. The van der Waals surface area contributed by atoms with Gasteiger partial charge in [0.25, 0.3) is 0 Å². The molecular formula is C13H21NO. The number of carbonyl (C=O) groups excluding carboxylic acids is 1. The summed E-state index contributed by atoms with van der Waals surface area (Å²) in [4.78, 5) is 12.5. The van der Waals surface area contributed by atoms with Crippen molar-refractivity contribution in [3.63, 3.8) is 0 Å². The third kappa shape index (κ3) is 7.74. The number of amides is 1. The van der Waals surface area contributed by atoms with Gasteiger partial charge >= 0.3 is 0 Å². The molecule has 2 heteroatoms. The Morgan fingerprint density at radius 1 is 1.20 bits per heavy atom. The van der Waals surface area contributed by atoms with Crippen LogP contribution < -0.4 is 0 Å². The van der Waals surface area contributed by atoms with E-state index in [0.717, 1.165) is 13.1 Å². The predicted molar refractivity (Wildman–Crippen MR) is 65.6 cm³/mol. The van der Waals surface area contributed by atoms with Crippen molar-refractivity contribution >= 4 is 5.91 Å². The molecule has 1 amide bonds. The van der Waals surface area contributed by atoms with Crippen LogP contribution in [-0.4, -0.2) is 23.9 Å². The van der Waals surface area contributed by atoms with Crippen LogP contribution in [0, 0.1) is 0 Å². The van der Waals surface area contributed by atoms with Gasteiger partial charge in [-0.3, -0.25) is 4.79 Å². The molecule has 0 unspecified atom stereocenters. The maximum Gasteiger partial charge on any atom is 0.219 e. The quantitative estimate of drug-likeness (QED) is 0.637. The monoisotopic (exact) mass is 207 g/mol. The lowest BCUT2D eigenvalue weighted by Gasteiger charge is -2.10. The molecule has 1 aliphatic rings. The summed E-state index contributed by atoms with van der Waals surface area (Å²) >= 11 is 0. The molecule has 2 nitrogen and oxygen atoms in total. The smallest absolute Gasteiger partial charge is 0.219 e. The standard InChI is InChI=1S/C7H10.C6H11NO/c1-3-5-7-6-4-2;1-6(8)7-4-2-3-5-7/h3-7H,1H2,2H3;2-5H2,1H3/b6-4-,7-5-;. The van der Waals surface area contributed by atoms with Crippen LogP contribution in [0.5, 0.6) is 0 Å². The highest BCUT2D eigenvalue weighted by atomic mass is 16.2. The fourth-order valence-electron chi connectivity index (χ4n) is 1.29. The second-order valence-corrected chi connectivity index (χ2v) is 3.36. The highest BCUT2D eigenvalue weighted by Gasteiger charge is 2.12. The molecule has 1 saturated heterocycles. The third-order valence-corrected chi connectivity index (χ3v) is 2.10. The lowest BCUT2D eigenvalue weighted by atomic mass is 10.4. The average molecular weight is 207 g/mol. The predicted octanol–water partition coefficient (Wildman–Crippen LogP) is 2.93. The van der Waals surface area contributed by atoms with Crippen molar-refractivity contribution in [1.29, 1.82) is 0 Å². The first kappa shape index (κ1) is 13.7. The molecule has 15 heavy (non-hydrogen) atoms. The minimum absolute atomic E-state index is 0.225. The maximum absolute atomic E-state index is 10.6. The lowest BCUT2D eigenvalue weighted by molar-refractivity contribution is -0.127. The molecule has 0 aromatic carbocycles. The van der Waals surface area contributed by atoms with E-state index in [2.05, 4.69) is 6.58 Å². The second kappa shape index (κ2) is 9.25. The summed E-state index contributed by atoms with van der Waals surface area (Å²) in [6.07, 6.45) is 11.9. The van der Waals surface area contributed by atoms with E-state index >= 15 is 0 Å². The SMILES string of the molecule is C=C/C=C\C=C/C.CC(=O)N1CCCC1. The number of carbonyl (C=O) groups is 1. The van der Waals surface area contributed by atoms with E-state index in [9.17, 15) is 4.79 Å². The average Bonchev–Trinajstić information content (AvgIpc) is 2.72. The van der Waals surface area contributed by atoms with Crippen LogP contribution in [0.15, 0.2) is 37.0 Å². The van der Waals surface area contributed by atoms with E-state index in [1.165, 1.54) is 12.8 Å². The summed E-state index contributed by atoms with van der Waals surface area (Å²) in [6, 6.07) is 0. The Balaban J connectivity index is 0.000000265. The molecule has 0 saturated carbocycles. The number of likely N-dealkylation sites (tertiary alicyclic amines) is 1. The zero-order valence-electron chi connectivity index (χ0n) is 9.78. The molecule has 0 N–H and O–H groups in total. The van der Waals surface area contributed by atoms with Gasteiger partial charge in [0, 0.05) is 20.0 Å². The zero-order chi connectivity index (χ0) is 11.5. The molecule has 0 aromatic heterocycles. The number of hydrogen-bond donors (Lipinski definition) is 0. The van der Waals surface area contributed by atoms with Crippen molar-refractivity contribution in [2.24, 2.45) is 0 Å². The Bertz CT molecular complexity index is 235. The molecule has 0 aliphatic carbocycles. The normalized spacial score (nSPS) is 15.5. The molecule has 1 heterocycles. The maximum atomic E-state index is 10.6. The van der Waals surface area contributed by atoms with Crippen LogP contribution in [0.2, 0.25) is 0 Å². The van der Waals surface area contributed by atoms with Crippen molar-refractivity contribution in [1.82, 2.24) is 4.90 Å². The van der Waals surface area contributed by atoms with Gasteiger partial charge in [-0.1, -0.05) is 37.0 Å². The molecule has 1 fully saturated rings. The van der Waals surface area contributed by atoms with Crippen molar-refractivity contribution < 1.29 is 4.79 Å². The van der Waals surface area contributed by atoms with Crippen LogP contribution in [-0.2, 0) is 4.79 Å². The van der Waals surface area contributed by atoms with E-state index in [1.54, 1.807) is 13.0 Å². The summed E-state index contributed by atoms with van der Waals surface area (Å²) in [6.45, 7) is 9.08. The second-order valence-electron chi connectivity index (χ2n) is 3.36. The third-order valence-electron chi connectivity index (χ3n) is 2.10. The number of hydrogen-bond acceptors (Lipinski definition) is 1. The van der Waals surface area contributed by atoms with Crippen molar-refractivity contribution in [2.45, 2.75) is 26.7 Å². The van der Waals surface area contributed by atoms with Crippen molar-refractivity contribution in [2.75, 3.05) is 13.1 Å². The molecule has 0 radical (unpaired) electrons. The zero-order valence-corrected chi connectivity index (χ0v) is 9.78. The van der Waals surface area contributed by atoms with Crippen LogP contribution in [0.4, 0.5) is 0 Å². The molecule has 0 spiro atoms. The molecule has 0 atom stereocenters. The fourth-order valence-corrected chi connectivity index (χ4v) is 1.29. The summed E-state index contributed by atoms with van der Waals surface area (Å²) in [5.74, 6) is 0.225.